The second-order valence-electron chi connectivity index (χ2n) is 2.63. The Morgan fingerprint density at radius 3 is 2.53 bits per heavy atom. The lowest BCUT2D eigenvalue weighted by Gasteiger charge is -2.07. The van der Waals surface area contributed by atoms with Gasteiger partial charge in [-0.2, -0.15) is 0 Å². The summed E-state index contributed by atoms with van der Waals surface area (Å²) < 4.78 is 37.3. The lowest BCUT2D eigenvalue weighted by molar-refractivity contribution is -0.303. The zero-order chi connectivity index (χ0) is 11.5. The Bertz CT molecular complexity index is 471. The number of halogens is 1. The molecule has 0 aromatic heterocycles. The molecule has 0 spiro atoms. The summed E-state index contributed by atoms with van der Waals surface area (Å²) in [6, 6.07) is 4.66. The summed E-state index contributed by atoms with van der Waals surface area (Å²) in [4.78, 5) is 9.44. The van der Waals surface area contributed by atoms with E-state index in [2.05, 4.69) is 0 Å². The van der Waals surface area contributed by atoms with Crippen molar-refractivity contribution in [1.29, 1.82) is 0 Å². The Balaban J connectivity index is 2.97. The van der Waals surface area contributed by atoms with Crippen LogP contribution in [0.15, 0.2) is 29.2 Å². The van der Waals surface area contributed by atoms with E-state index in [1.165, 1.54) is 12.1 Å². The van der Waals surface area contributed by atoms with Crippen molar-refractivity contribution in [3.05, 3.63) is 30.1 Å². The molecule has 7 heteroatoms. The number of carboxylic acid groups (broad SMARTS) is 1. The standard InChI is InChI=1S/C8H8FNO4S/c9-6-3-1-2-4-7(6)15(13,14)10-5-8(11)12/h1-4,10H,5H2,(H,11,12)/p-1. The number of carbonyl (C=O) groups excluding carboxylic acids is 1. The summed E-state index contributed by atoms with van der Waals surface area (Å²) >= 11 is 0. The first-order valence-electron chi connectivity index (χ1n) is 3.87. The number of rotatable bonds is 4. The first kappa shape index (κ1) is 11.6. The van der Waals surface area contributed by atoms with Crippen LogP contribution in [0.25, 0.3) is 0 Å². The molecule has 0 aliphatic heterocycles. The van der Waals surface area contributed by atoms with Crippen molar-refractivity contribution in [3.8, 4) is 0 Å². The third kappa shape index (κ3) is 3.00. The molecule has 15 heavy (non-hydrogen) atoms. The summed E-state index contributed by atoms with van der Waals surface area (Å²) in [5.41, 5.74) is 0. The van der Waals surface area contributed by atoms with Crippen LogP contribution in [0, 0.1) is 5.82 Å². The maximum absolute atomic E-state index is 13.0. The van der Waals surface area contributed by atoms with Gasteiger partial charge in [0.05, 0.1) is 12.5 Å². The molecule has 0 bridgehead atoms. The highest BCUT2D eigenvalue weighted by Gasteiger charge is 2.17. The van der Waals surface area contributed by atoms with Crippen molar-refractivity contribution in [2.75, 3.05) is 6.54 Å². The van der Waals surface area contributed by atoms with Gasteiger partial charge < -0.3 is 9.90 Å². The van der Waals surface area contributed by atoms with Crippen LogP contribution >= 0.6 is 0 Å². The molecule has 1 aromatic carbocycles. The van der Waals surface area contributed by atoms with E-state index in [1.807, 2.05) is 0 Å². The molecule has 5 nitrogen and oxygen atoms in total. The molecule has 0 radical (unpaired) electrons. The van der Waals surface area contributed by atoms with E-state index in [1.54, 1.807) is 4.72 Å². The van der Waals surface area contributed by atoms with Crippen molar-refractivity contribution >= 4 is 16.0 Å². The smallest absolute Gasteiger partial charge is 0.243 e. The highest BCUT2D eigenvalue weighted by molar-refractivity contribution is 7.89. The number of hydrogen-bond donors (Lipinski definition) is 1. The highest BCUT2D eigenvalue weighted by atomic mass is 32.2. The van der Waals surface area contributed by atoms with Gasteiger partial charge in [-0.25, -0.2) is 17.5 Å². The van der Waals surface area contributed by atoms with Gasteiger partial charge in [0.2, 0.25) is 10.0 Å². The first-order valence-corrected chi connectivity index (χ1v) is 5.36. The molecule has 0 saturated heterocycles. The van der Waals surface area contributed by atoms with Crippen LogP contribution in [0.5, 0.6) is 0 Å². The summed E-state index contributed by atoms with van der Waals surface area (Å²) in [6.07, 6.45) is 0. The molecule has 0 aliphatic carbocycles. The quantitative estimate of drug-likeness (QED) is 0.710. The van der Waals surface area contributed by atoms with E-state index in [-0.39, 0.29) is 0 Å². The molecule has 1 N–H and O–H groups in total. The largest absolute Gasteiger partial charge is 0.549 e. The number of hydrogen-bond acceptors (Lipinski definition) is 4. The lowest BCUT2D eigenvalue weighted by Crippen LogP contribution is -2.37. The number of carboxylic acids is 1. The van der Waals surface area contributed by atoms with Gasteiger partial charge in [0.25, 0.3) is 0 Å². The van der Waals surface area contributed by atoms with Crippen molar-refractivity contribution in [1.82, 2.24) is 4.72 Å². The molecule has 0 amide bonds. The number of nitrogens with one attached hydrogen (secondary N) is 1. The van der Waals surface area contributed by atoms with Crippen LogP contribution in [0.1, 0.15) is 0 Å². The van der Waals surface area contributed by atoms with Crippen LogP contribution < -0.4 is 9.83 Å². The predicted molar refractivity (Wildman–Crippen MR) is 46.6 cm³/mol. The molecule has 0 atom stereocenters. The van der Waals surface area contributed by atoms with Crippen molar-refractivity contribution in [3.63, 3.8) is 0 Å². The second-order valence-corrected chi connectivity index (χ2v) is 4.36. The van der Waals surface area contributed by atoms with Crippen molar-refractivity contribution in [2.45, 2.75) is 4.90 Å². The maximum Gasteiger partial charge on any atom is 0.243 e. The van der Waals surface area contributed by atoms with E-state index in [0.29, 0.717) is 0 Å². The summed E-state index contributed by atoms with van der Waals surface area (Å²) in [5, 5.41) is 10.0. The Morgan fingerprint density at radius 2 is 2.00 bits per heavy atom. The molecule has 0 heterocycles. The van der Waals surface area contributed by atoms with Gasteiger partial charge >= 0.3 is 0 Å². The SMILES string of the molecule is O=C([O-])CNS(=O)(=O)c1ccccc1F. The van der Waals surface area contributed by atoms with E-state index in [0.717, 1.165) is 12.1 Å². The third-order valence-corrected chi connectivity index (χ3v) is 2.97. The van der Waals surface area contributed by atoms with Gasteiger partial charge in [-0.15, -0.1) is 0 Å². The summed E-state index contributed by atoms with van der Waals surface area (Å²) in [6.45, 7) is -0.892. The van der Waals surface area contributed by atoms with Gasteiger partial charge in [0.15, 0.2) is 0 Å². The van der Waals surface area contributed by atoms with E-state index >= 15 is 0 Å². The van der Waals surface area contributed by atoms with Crippen LogP contribution in [0.2, 0.25) is 0 Å². The zero-order valence-corrected chi connectivity index (χ0v) is 8.25. The molecule has 1 aromatic rings. The average Bonchev–Trinajstić information content (AvgIpc) is 2.15. The second kappa shape index (κ2) is 4.37. The average molecular weight is 232 g/mol. The molecule has 0 saturated carbocycles. The van der Waals surface area contributed by atoms with E-state index in [4.69, 9.17) is 0 Å². The monoisotopic (exact) mass is 232 g/mol. The van der Waals surface area contributed by atoms with Crippen molar-refractivity contribution in [2.24, 2.45) is 0 Å². The number of carbonyl (C=O) groups is 1. The molecule has 82 valence electrons. The molecular formula is C8H7FNO4S-. The Morgan fingerprint density at radius 1 is 1.40 bits per heavy atom. The highest BCUT2D eigenvalue weighted by Crippen LogP contribution is 2.12. The van der Waals surface area contributed by atoms with E-state index < -0.39 is 33.3 Å². The Hall–Kier alpha value is -1.47. The minimum atomic E-state index is -4.13. The fraction of sp³-hybridized carbons (Fsp3) is 0.125. The van der Waals surface area contributed by atoms with Crippen molar-refractivity contribution < 1.29 is 22.7 Å². The topological polar surface area (TPSA) is 86.3 Å². The molecule has 0 unspecified atom stereocenters. The van der Waals surface area contributed by atoms with Gasteiger partial charge in [-0.1, -0.05) is 12.1 Å². The van der Waals surface area contributed by atoms with Gasteiger partial charge in [-0.3, -0.25) is 0 Å². The first-order chi connectivity index (χ1) is 6.93. The fourth-order valence-corrected chi connectivity index (χ4v) is 1.94. The molecule has 1 rings (SSSR count). The predicted octanol–water partition coefficient (Wildman–Crippen LogP) is -1.15. The zero-order valence-electron chi connectivity index (χ0n) is 7.44. The van der Waals surface area contributed by atoms with Crippen LogP contribution in [-0.2, 0) is 14.8 Å². The van der Waals surface area contributed by atoms with Crippen LogP contribution in [-0.4, -0.2) is 20.9 Å². The van der Waals surface area contributed by atoms with Crippen LogP contribution in [0.4, 0.5) is 4.39 Å². The summed E-state index contributed by atoms with van der Waals surface area (Å²) in [7, 11) is -4.13. The Kier molecular flexibility index (Phi) is 3.38. The number of aliphatic carboxylic acids is 1. The minimum absolute atomic E-state index is 0.591. The van der Waals surface area contributed by atoms with Crippen LogP contribution in [0.3, 0.4) is 0 Å². The Labute approximate surface area is 85.6 Å². The lowest BCUT2D eigenvalue weighted by atomic mass is 10.4. The molecule has 0 aliphatic rings. The number of benzene rings is 1. The van der Waals surface area contributed by atoms with Gasteiger partial charge in [-0.05, 0) is 12.1 Å². The molecule has 0 fully saturated rings. The maximum atomic E-state index is 13.0. The van der Waals surface area contributed by atoms with E-state index in [9.17, 15) is 22.7 Å². The number of sulfonamides is 1. The fourth-order valence-electron chi connectivity index (χ4n) is 0.894. The molecular weight excluding hydrogens is 225 g/mol. The minimum Gasteiger partial charge on any atom is -0.549 e. The summed E-state index contributed by atoms with van der Waals surface area (Å²) in [5.74, 6) is -2.53. The van der Waals surface area contributed by atoms with Gasteiger partial charge in [0.1, 0.15) is 10.7 Å². The third-order valence-electron chi connectivity index (χ3n) is 1.53. The van der Waals surface area contributed by atoms with Gasteiger partial charge in [0, 0.05) is 0 Å². The normalized spacial score (nSPS) is 11.3.